The van der Waals surface area contributed by atoms with E-state index in [4.69, 9.17) is 0 Å². The highest BCUT2D eigenvalue weighted by atomic mass is 32.2. The molecule has 2 aliphatic heterocycles. The number of nitrogens with zero attached hydrogens (tertiary/aromatic N) is 3. The standard InChI is InChI=1S/C23H25FN4O5S/c1-16-5-3-4-6-19(16)23(2)21(30)28(22(31)25-23)15-20(29)26-11-13-27(14-12-26)34(32,33)18-9-7-17(24)8-10-18/h3-10H,11-15H2,1-2H3,(H,25,31). The number of benzene rings is 2. The smallest absolute Gasteiger partial charge is 0.325 e. The lowest BCUT2D eigenvalue weighted by Gasteiger charge is -2.34. The maximum Gasteiger partial charge on any atom is 0.325 e. The van der Waals surface area contributed by atoms with E-state index >= 15 is 0 Å². The van der Waals surface area contributed by atoms with Crippen molar-refractivity contribution in [3.8, 4) is 0 Å². The van der Waals surface area contributed by atoms with Gasteiger partial charge in [0.1, 0.15) is 17.9 Å². The lowest BCUT2D eigenvalue weighted by Crippen LogP contribution is -2.53. The number of sulfonamides is 1. The average molecular weight is 489 g/mol. The van der Waals surface area contributed by atoms with Crippen LogP contribution in [0.25, 0.3) is 0 Å². The molecule has 0 aromatic heterocycles. The number of amides is 4. The summed E-state index contributed by atoms with van der Waals surface area (Å²) < 4.78 is 39.9. The summed E-state index contributed by atoms with van der Waals surface area (Å²) >= 11 is 0. The Labute approximate surface area is 197 Å². The van der Waals surface area contributed by atoms with Crippen LogP contribution in [0.15, 0.2) is 53.4 Å². The topological polar surface area (TPSA) is 107 Å². The van der Waals surface area contributed by atoms with Gasteiger partial charge in [-0.15, -0.1) is 0 Å². The number of aryl methyl sites for hydroxylation is 1. The van der Waals surface area contributed by atoms with Crippen molar-refractivity contribution in [3.05, 3.63) is 65.5 Å². The predicted molar refractivity (Wildman–Crippen MR) is 121 cm³/mol. The highest BCUT2D eigenvalue weighted by Gasteiger charge is 2.50. The molecular formula is C23H25FN4O5S. The highest BCUT2D eigenvalue weighted by molar-refractivity contribution is 7.89. The molecule has 0 spiro atoms. The summed E-state index contributed by atoms with van der Waals surface area (Å²) in [5, 5.41) is 2.70. The SMILES string of the molecule is Cc1ccccc1C1(C)NC(=O)N(CC(=O)N2CCN(S(=O)(=O)c3ccc(F)cc3)CC2)C1=O. The quantitative estimate of drug-likeness (QED) is 0.641. The molecule has 1 unspecified atom stereocenters. The summed E-state index contributed by atoms with van der Waals surface area (Å²) in [5.74, 6) is -1.50. The van der Waals surface area contributed by atoms with Crippen LogP contribution in [0.2, 0.25) is 0 Å². The first-order valence-corrected chi connectivity index (χ1v) is 12.2. The molecule has 1 atom stereocenters. The third-order valence-corrected chi connectivity index (χ3v) is 8.21. The van der Waals surface area contributed by atoms with E-state index in [-0.39, 0.29) is 31.1 Å². The van der Waals surface area contributed by atoms with Gasteiger partial charge in [-0.05, 0) is 49.2 Å². The zero-order valence-corrected chi connectivity index (χ0v) is 19.6. The molecule has 2 aromatic rings. The Kier molecular flexibility index (Phi) is 6.17. The van der Waals surface area contributed by atoms with Crippen molar-refractivity contribution in [1.82, 2.24) is 19.4 Å². The molecule has 4 rings (SSSR count). The van der Waals surface area contributed by atoms with Gasteiger partial charge in [0, 0.05) is 26.2 Å². The summed E-state index contributed by atoms with van der Waals surface area (Å²) in [6.45, 7) is 3.33. The zero-order chi connectivity index (χ0) is 24.7. The minimum absolute atomic E-state index is 0.0245. The van der Waals surface area contributed by atoms with Gasteiger partial charge in [-0.1, -0.05) is 24.3 Å². The first-order valence-electron chi connectivity index (χ1n) is 10.8. The van der Waals surface area contributed by atoms with Crippen LogP contribution in [0.1, 0.15) is 18.1 Å². The second-order valence-corrected chi connectivity index (χ2v) is 10.4. The summed E-state index contributed by atoms with van der Waals surface area (Å²) in [7, 11) is -3.82. The molecule has 4 amide bonds. The second-order valence-electron chi connectivity index (χ2n) is 8.50. The van der Waals surface area contributed by atoms with Gasteiger partial charge in [0.2, 0.25) is 15.9 Å². The maximum atomic E-state index is 13.1. The van der Waals surface area contributed by atoms with E-state index in [0.717, 1.165) is 22.6 Å². The van der Waals surface area contributed by atoms with Gasteiger partial charge in [0.25, 0.3) is 5.91 Å². The van der Waals surface area contributed by atoms with Crippen molar-refractivity contribution in [2.45, 2.75) is 24.3 Å². The summed E-state index contributed by atoms with van der Waals surface area (Å²) in [6, 6.07) is 11.1. The summed E-state index contributed by atoms with van der Waals surface area (Å²) in [6.07, 6.45) is 0. The lowest BCUT2D eigenvalue weighted by atomic mass is 9.88. The Bertz CT molecular complexity index is 1240. The van der Waals surface area contributed by atoms with Crippen molar-refractivity contribution < 1.29 is 27.2 Å². The molecule has 2 aliphatic rings. The highest BCUT2D eigenvalue weighted by Crippen LogP contribution is 2.31. The number of carbonyl (C=O) groups excluding carboxylic acids is 3. The van der Waals surface area contributed by atoms with Gasteiger partial charge in [-0.2, -0.15) is 4.31 Å². The van der Waals surface area contributed by atoms with E-state index in [0.29, 0.717) is 5.56 Å². The molecule has 2 aromatic carbocycles. The summed E-state index contributed by atoms with van der Waals surface area (Å²) in [5.41, 5.74) is 0.221. The monoisotopic (exact) mass is 488 g/mol. The Hall–Kier alpha value is -3.31. The van der Waals surface area contributed by atoms with Crippen LogP contribution < -0.4 is 5.32 Å². The fourth-order valence-electron chi connectivity index (χ4n) is 4.33. The van der Waals surface area contributed by atoms with E-state index in [2.05, 4.69) is 5.32 Å². The number of piperazine rings is 1. The third kappa shape index (κ3) is 4.16. The lowest BCUT2D eigenvalue weighted by molar-refractivity contribution is -0.139. The largest absolute Gasteiger partial charge is 0.338 e. The van der Waals surface area contributed by atoms with Gasteiger partial charge in [0.15, 0.2) is 0 Å². The normalized spacial score (nSPS) is 21.6. The van der Waals surface area contributed by atoms with Gasteiger partial charge >= 0.3 is 6.03 Å². The van der Waals surface area contributed by atoms with E-state index in [9.17, 15) is 27.2 Å². The molecule has 180 valence electrons. The second kappa shape index (κ2) is 8.80. The number of hydrogen-bond donors (Lipinski definition) is 1. The number of carbonyl (C=O) groups is 3. The average Bonchev–Trinajstić information content (AvgIpc) is 3.03. The molecule has 34 heavy (non-hydrogen) atoms. The van der Waals surface area contributed by atoms with Crippen LogP contribution in [0.4, 0.5) is 9.18 Å². The number of halogens is 1. The molecule has 11 heteroatoms. The minimum atomic E-state index is -3.82. The molecule has 1 N–H and O–H groups in total. The van der Waals surface area contributed by atoms with Crippen LogP contribution in [0.3, 0.4) is 0 Å². The number of hydrogen-bond acceptors (Lipinski definition) is 5. The zero-order valence-electron chi connectivity index (χ0n) is 18.8. The molecular weight excluding hydrogens is 463 g/mol. The molecule has 0 radical (unpaired) electrons. The van der Waals surface area contributed by atoms with Crippen LogP contribution >= 0.6 is 0 Å². The van der Waals surface area contributed by atoms with E-state index in [1.165, 1.54) is 21.3 Å². The fourth-order valence-corrected chi connectivity index (χ4v) is 5.75. The van der Waals surface area contributed by atoms with Crippen molar-refractivity contribution >= 4 is 27.9 Å². The van der Waals surface area contributed by atoms with Crippen molar-refractivity contribution in [1.29, 1.82) is 0 Å². The van der Waals surface area contributed by atoms with Gasteiger partial charge < -0.3 is 10.2 Å². The van der Waals surface area contributed by atoms with E-state index in [1.54, 1.807) is 19.1 Å². The van der Waals surface area contributed by atoms with E-state index < -0.39 is 45.8 Å². The van der Waals surface area contributed by atoms with Gasteiger partial charge in [-0.25, -0.2) is 17.6 Å². The maximum absolute atomic E-state index is 13.1. The first kappa shape index (κ1) is 23.8. The molecule has 0 bridgehead atoms. The Morgan fingerprint density at radius 2 is 1.65 bits per heavy atom. The summed E-state index contributed by atoms with van der Waals surface area (Å²) in [4.78, 5) is 40.9. The fraction of sp³-hybridized carbons (Fsp3) is 0.348. The van der Waals surface area contributed by atoms with Crippen LogP contribution in [0.5, 0.6) is 0 Å². The van der Waals surface area contributed by atoms with Crippen LogP contribution in [-0.2, 0) is 25.2 Å². The predicted octanol–water partition coefficient (Wildman–Crippen LogP) is 1.43. The van der Waals surface area contributed by atoms with Gasteiger partial charge in [0.05, 0.1) is 4.90 Å². The van der Waals surface area contributed by atoms with Gasteiger partial charge in [-0.3, -0.25) is 14.5 Å². The number of rotatable bonds is 5. The van der Waals surface area contributed by atoms with Crippen molar-refractivity contribution in [3.63, 3.8) is 0 Å². The Balaban J connectivity index is 1.40. The molecule has 2 heterocycles. The molecule has 2 saturated heterocycles. The van der Waals surface area contributed by atoms with Crippen LogP contribution in [0, 0.1) is 12.7 Å². The minimum Gasteiger partial charge on any atom is -0.338 e. The number of imide groups is 1. The molecule has 0 aliphatic carbocycles. The first-order chi connectivity index (χ1) is 16.0. The van der Waals surface area contributed by atoms with Crippen LogP contribution in [-0.4, -0.2) is 73.1 Å². The number of urea groups is 1. The Morgan fingerprint density at radius 3 is 2.26 bits per heavy atom. The Morgan fingerprint density at radius 1 is 1.03 bits per heavy atom. The third-order valence-electron chi connectivity index (χ3n) is 6.29. The number of nitrogens with one attached hydrogen (secondary N) is 1. The molecule has 2 fully saturated rings. The molecule has 0 saturated carbocycles. The van der Waals surface area contributed by atoms with Crippen molar-refractivity contribution in [2.75, 3.05) is 32.7 Å². The van der Waals surface area contributed by atoms with E-state index in [1.807, 2.05) is 19.1 Å². The van der Waals surface area contributed by atoms with Crippen molar-refractivity contribution in [2.24, 2.45) is 0 Å². The molecule has 9 nitrogen and oxygen atoms in total.